The summed E-state index contributed by atoms with van der Waals surface area (Å²) < 4.78 is 1.71. The van der Waals surface area contributed by atoms with Gasteiger partial charge in [-0.25, -0.2) is 9.97 Å². The molecule has 0 saturated carbocycles. The van der Waals surface area contributed by atoms with Gasteiger partial charge >= 0.3 is 0 Å². The average molecular weight is 355 g/mol. The topological polar surface area (TPSA) is 72.7 Å². The Morgan fingerprint density at radius 3 is 3.00 bits per heavy atom. The van der Waals surface area contributed by atoms with Crippen LogP contribution in [0.25, 0.3) is 21.6 Å². The zero-order valence-electron chi connectivity index (χ0n) is 13.0. The van der Waals surface area contributed by atoms with Crippen molar-refractivity contribution in [3.63, 3.8) is 0 Å². The molecular weight excluding hydrogens is 342 g/mol. The summed E-state index contributed by atoms with van der Waals surface area (Å²) in [4.78, 5) is 22.3. The summed E-state index contributed by atoms with van der Waals surface area (Å²) in [5, 5.41) is 12.6. The molecule has 0 radical (unpaired) electrons. The second-order valence-corrected chi connectivity index (χ2v) is 7.08. The zero-order valence-corrected chi connectivity index (χ0v) is 14.6. The Hall–Kier alpha value is -2.58. The van der Waals surface area contributed by atoms with Crippen LogP contribution in [0.2, 0.25) is 0 Å². The van der Waals surface area contributed by atoms with Crippen LogP contribution >= 0.6 is 22.7 Å². The fourth-order valence-corrected chi connectivity index (χ4v) is 3.94. The number of thiophene rings is 1. The molecule has 0 aliphatic heterocycles. The summed E-state index contributed by atoms with van der Waals surface area (Å²) in [6.07, 6.45) is 1.56. The summed E-state index contributed by atoms with van der Waals surface area (Å²) in [7, 11) is 1.84. The van der Waals surface area contributed by atoms with Gasteiger partial charge in [-0.1, -0.05) is 6.07 Å². The lowest BCUT2D eigenvalue weighted by atomic mass is 10.2. The molecule has 4 aromatic heterocycles. The Kier molecular flexibility index (Phi) is 3.62. The van der Waals surface area contributed by atoms with Crippen LogP contribution in [0, 0.1) is 6.92 Å². The number of nitrogens with one attached hydrogen (secondary N) is 1. The van der Waals surface area contributed by atoms with E-state index in [0.717, 1.165) is 27.3 Å². The van der Waals surface area contributed by atoms with Crippen LogP contribution < -0.4 is 5.32 Å². The van der Waals surface area contributed by atoms with Gasteiger partial charge in [-0.2, -0.15) is 5.10 Å². The van der Waals surface area contributed by atoms with E-state index in [0.29, 0.717) is 10.7 Å². The van der Waals surface area contributed by atoms with Gasteiger partial charge in [0.2, 0.25) is 0 Å². The monoisotopic (exact) mass is 355 g/mol. The number of thiazole rings is 1. The quantitative estimate of drug-likeness (QED) is 0.608. The van der Waals surface area contributed by atoms with Crippen molar-refractivity contribution < 1.29 is 4.79 Å². The fourth-order valence-electron chi connectivity index (χ4n) is 2.47. The van der Waals surface area contributed by atoms with E-state index in [-0.39, 0.29) is 5.91 Å². The summed E-state index contributed by atoms with van der Waals surface area (Å²) in [5.74, 6) is -0.222. The molecule has 1 amide bonds. The lowest BCUT2D eigenvalue weighted by molar-refractivity contribution is 0.102. The molecule has 6 nitrogen and oxygen atoms in total. The number of aryl methyl sites for hydroxylation is 2. The minimum absolute atomic E-state index is 0.222. The number of pyridine rings is 1. The molecule has 0 aromatic carbocycles. The number of rotatable bonds is 3. The van der Waals surface area contributed by atoms with Crippen molar-refractivity contribution in [2.75, 3.05) is 5.32 Å². The summed E-state index contributed by atoms with van der Waals surface area (Å²) in [6.45, 7) is 1.90. The van der Waals surface area contributed by atoms with Crippen molar-refractivity contribution in [2.45, 2.75) is 6.92 Å². The third-order valence-corrected chi connectivity index (χ3v) is 5.27. The maximum atomic E-state index is 12.5. The summed E-state index contributed by atoms with van der Waals surface area (Å²) in [5.41, 5.74) is 2.98. The molecule has 24 heavy (non-hydrogen) atoms. The first-order valence-electron chi connectivity index (χ1n) is 7.22. The van der Waals surface area contributed by atoms with Crippen LogP contribution in [-0.2, 0) is 7.05 Å². The normalized spacial score (nSPS) is 11.1. The van der Waals surface area contributed by atoms with Crippen molar-refractivity contribution >= 4 is 44.7 Å². The molecule has 4 rings (SSSR count). The van der Waals surface area contributed by atoms with Crippen molar-refractivity contribution in [2.24, 2.45) is 7.05 Å². The summed E-state index contributed by atoms with van der Waals surface area (Å²) in [6, 6.07) is 5.80. The van der Waals surface area contributed by atoms with E-state index in [1.807, 2.05) is 42.9 Å². The average Bonchev–Trinajstić information content (AvgIpc) is 3.29. The third-order valence-electron chi connectivity index (χ3n) is 3.62. The summed E-state index contributed by atoms with van der Waals surface area (Å²) >= 11 is 3.03. The molecule has 0 saturated heterocycles. The number of fused-ring (bicyclic) bond motifs is 1. The predicted molar refractivity (Wildman–Crippen MR) is 96.6 cm³/mol. The fraction of sp³-hybridized carbons (Fsp3) is 0.125. The van der Waals surface area contributed by atoms with Gasteiger partial charge in [0.25, 0.3) is 5.91 Å². The van der Waals surface area contributed by atoms with Crippen LogP contribution in [-0.4, -0.2) is 25.7 Å². The number of nitrogens with zero attached hydrogens (tertiary/aromatic N) is 4. The van der Waals surface area contributed by atoms with E-state index in [1.165, 1.54) is 11.3 Å². The van der Waals surface area contributed by atoms with Gasteiger partial charge in [-0.3, -0.25) is 14.8 Å². The second kappa shape index (κ2) is 5.81. The van der Waals surface area contributed by atoms with Gasteiger partial charge in [-0.15, -0.1) is 22.7 Å². The highest BCUT2D eigenvalue weighted by molar-refractivity contribution is 7.16. The van der Waals surface area contributed by atoms with Crippen molar-refractivity contribution in [3.8, 4) is 10.6 Å². The molecule has 0 aliphatic carbocycles. The standard InChI is InChI=1S/C16H13N5OS2/c1-9-11-6-10(7-17-14(11)21(2)20-9)15(22)19-16-18-12(8-24-16)13-4-3-5-23-13/h3-8H,1-2H3,(H,18,19,22). The third kappa shape index (κ3) is 2.59. The van der Waals surface area contributed by atoms with Gasteiger partial charge in [-0.05, 0) is 24.4 Å². The number of hydrogen-bond acceptors (Lipinski definition) is 6. The van der Waals surface area contributed by atoms with Gasteiger partial charge in [0.1, 0.15) is 0 Å². The first-order chi connectivity index (χ1) is 11.6. The van der Waals surface area contributed by atoms with Crippen LogP contribution in [0.15, 0.2) is 35.2 Å². The Labute approximate surface area is 145 Å². The van der Waals surface area contributed by atoms with E-state index in [4.69, 9.17) is 0 Å². The SMILES string of the molecule is Cc1nn(C)c2ncc(C(=O)Nc3nc(-c4cccs4)cs3)cc12. The molecular formula is C16H13N5OS2. The van der Waals surface area contributed by atoms with E-state index in [1.54, 1.807) is 22.2 Å². The molecule has 1 N–H and O–H groups in total. The lowest BCUT2D eigenvalue weighted by Crippen LogP contribution is -2.12. The van der Waals surface area contributed by atoms with E-state index < -0.39 is 0 Å². The number of carbonyl (C=O) groups excluding carboxylic acids is 1. The van der Waals surface area contributed by atoms with Crippen molar-refractivity contribution in [3.05, 3.63) is 46.4 Å². The Bertz CT molecular complexity index is 1030. The number of carbonyl (C=O) groups is 1. The predicted octanol–water partition coefficient (Wildman–Crippen LogP) is 3.71. The first kappa shape index (κ1) is 15.0. The minimum atomic E-state index is -0.222. The lowest BCUT2D eigenvalue weighted by Gasteiger charge is -2.02. The molecule has 0 spiro atoms. The van der Waals surface area contributed by atoms with E-state index in [9.17, 15) is 4.79 Å². The number of anilines is 1. The number of amides is 1. The van der Waals surface area contributed by atoms with E-state index >= 15 is 0 Å². The Morgan fingerprint density at radius 2 is 2.21 bits per heavy atom. The highest BCUT2D eigenvalue weighted by Gasteiger charge is 2.14. The maximum absolute atomic E-state index is 12.5. The Morgan fingerprint density at radius 1 is 1.33 bits per heavy atom. The van der Waals surface area contributed by atoms with Crippen LogP contribution in [0.3, 0.4) is 0 Å². The smallest absolute Gasteiger partial charge is 0.259 e. The molecule has 8 heteroatoms. The van der Waals surface area contributed by atoms with Crippen LogP contribution in [0.5, 0.6) is 0 Å². The van der Waals surface area contributed by atoms with Gasteiger partial charge in [0.05, 0.1) is 21.8 Å². The first-order valence-corrected chi connectivity index (χ1v) is 8.98. The van der Waals surface area contributed by atoms with Gasteiger partial charge in [0, 0.05) is 24.0 Å². The Balaban J connectivity index is 1.59. The minimum Gasteiger partial charge on any atom is -0.298 e. The molecule has 0 aliphatic rings. The number of aromatic nitrogens is 4. The van der Waals surface area contributed by atoms with Crippen LogP contribution in [0.4, 0.5) is 5.13 Å². The van der Waals surface area contributed by atoms with E-state index in [2.05, 4.69) is 20.4 Å². The molecule has 0 fully saturated rings. The second-order valence-electron chi connectivity index (χ2n) is 5.27. The highest BCUT2D eigenvalue weighted by Crippen LogP contribution is 2.28. The molecule has 0 atom stereocenters. The largest absolute Gasteiger partial charge is 0.298 e. The maximum Gasteiger partial charge on any atom is 0.259 e. The van der Waals surface area contributed by atoms with Gasteiger partial charge < -0.3 is 0 Å². The zero-order chi connectivity index (χ0) is 16.7. The van der Waals surface area contributed by atoms with Gasteiger partial charge in [0.15, 0.2) is 10.8 Å². The van der Waals surface area contributed by atoms with Crippen molar-refractivity contribution in [1.29, 1.82) is 0 Å². The van der Waals surface area contributed by atoms with Crippen LogP contribution in [0.1, 0.15) is 16.1 Å². The van der Waals surface area contributed by atoms with Crippen molar-refractivity contribution in [1.82, 2.24) is 19.7 Å². The molecule has 0 unspecified atom stereocenters. The molecule has 0 bridgehead atoms. The number of hydrogen-bond donors (Lipinski definition) is 1. The molecule has 4 aromatic rings. The highest BCUT2D eigenvalue weighted by atomic mass is 32.1. The molecule has 120 valence electrons. The molecule has 4 heterocycles.